The maximum atomic E-state index is 14.0. The highest BCUT2D eigenvalue weighted by Crippen LogP contribution is 2.32. The van der Waals surface area contributed by atoms with Gasteiger partial charge in [-0.2, -0.15) is 0 Å². The Kier molecular flexibility index (Phi) is 8.01. The standard InChI is InChI=1S/C31H30Cl2N4O3S/c1-7-40-30(39)27-18(3)34-31-37(28(27)20-8-10-22(11-9-20)35(5)6)29(38)26(41-31)15-21-14-17(2)36(19(21)4)23-12-13-24(32)25(33)16-23/h8-16,28H,7H2,1-6H3/t28-/m0/s1. The van der Waals surface area contributed by atoms with Crippen LogP contribution in [0.1, 0.15) is 42.4 Å². The molecule has 0 amide bonds. The molecule has 0 N–H and O–H groups in total. The fourth-order valence-corrected chi connectivity index (χ4v) is 6.49. The highest BCUT2D eigenvalue weighted by Gasteiger charge is 2.33. The van der Waals surface area contributed by atoms with E-state index >= 15 is 0 Å². The Morgan fingerprint density at radius 1 is 1.07 bits per heavy atom. The maximum absolute atomic E-state index is 14.0. The van der Waals surface area contributed by atoms with E-state index in [1.54, 1.807) is 24.5 Å². The van der Waals surface area contributed by atoms with Crippen LogP contribution in [0.5, 0.6) is 0 Å². The summed E-state index contributed by atoms with van der Waals surface area (Å²) in [7, 11) is 3.93. The van der Waals surface area contributed by atoms with Crippen molar-refractivity contribution < 1.29 is 9.53 Å². The number of aromatic nitrogens is 2. The molecule has 5 rings (SSSR count). The Balaban J connectivity index is 1.68. The van der Waals surface area contributed by atoms with Gasteiger partial charge in [0, 0.05) is 36.9 Å². The number of carbonyl (C=O) groups is 1. The SMILES string of the molecule is CCOC(=O)C1=C(C)N=c2sc(=Cc3cc(C)n(-c4ccc(Cl)c(Cl)c4)c3C)c(=O)n2[C@H]1c1ccc(N(C)C)cc1. The van der Waals surface area contributed by atoms with E-state index in [1.807, 2.05) is 81.4 Å². The van der Waals surface area contributed by atoms with Gasteiger partial charge < -0.3 is 14.2 Å². The van der Waals surface area contributed by atoms with Crippen molar-refractivity contribution in [1.29, 1.82) is 0 Å². The molecule has 4 aromatic rings. The number of fused-ring (bicyclic) bond motifs is 1. The quantitative estimate of drug-likeness (QED) is 0.268. The lowest BCUT2D eigenvalue weighted by Crippen LogP contribution is -2.40. The van der Waals surface area contributed by atoms with Gasteiger partial charge in [0.2, 0.25) is 0 Å². The first kappa shape index (κ1) is 28.9. The lowest BCUT2D eigenvalue weighted by Gasteiger charge is -2.25. The van der Waals surface area contributed by atoms with Gasteiger partial charge in [0.25, 0.3) is 5.56 Å². The maximum Gasteiger partial charge on any atom is 0.338 e. The molecule has 7 nitrogen and oxygen atoms in total. The van der Waals surface area contributed by atoms with Crippen molar-refractivity contribution in [3.05, 3.63) is 112 Å². The number of halogens is 2. The number of ether oxygens (including phenoxy) is 1. The minimum absolute atomic E-state index is 0.218. The summed E-state index contributed by atoms with van der Waals surface area (Å²) in [5.74, 6) is -0.477. The third kappa shape index (κ3) is 5.27. The highest BCUT2D eigenvalue weighted by molar-refractivity contribution is 7.07. The fraction of sp³-hybridized carbons (Fsp3) is 0.258. The molecule has 212 valence electrons. The molecule has 0 spiro atoms. The molecular weight excluding hydrogens is 579 g/mol. The summed E-state index contributed by atoms with van der Waals surface area (Å²) in [6.07, 6.45) is 1.88. The first-order valence-electron chi connectivity index (χ1n) is 13.1. The lowest BCUT2D eigenvalue weighted by atomic mass is 9.95. The molecule has 1 atom stereocenters. The molecule has 2 aromatic heterocycles. The third-order valence-corrected chi connectivity index (χ3v) is 8.88. The first-order chi connectivity index (χ1) is 19.5. The van der Waals surface area contributed by atoms with E-state index in [-0.39, 0.29) is 12.2 Å². The van der Waals surface area contributed by atoms with E-state index in [9.17, 15) is 9.59 Å². The molecule has 1 aliphatic heterocycles. The van der Waals surface area contributed by atoms with Gasteiger partial charge in [-0.25, -0.2) is 9.79 Å². The zero-order chi connectivity index (χ0) is 29.6. The number of esters is 1. The topological polar surface area (TPSA) is 68.8 Å². The molecule has 0 saturated carbocycles. The summed E-state index contributed by atoms with van der Waals surface area (Å²) in [5.41, 5.74) is 6.21. The van der Waals surface area contributed by atoms with E-state index in [2.05, 4.69) is 9.56 Å². The second-order valence-electron chi connectivity index (χ2n) is 10.0. The third-order valence-electron chi connectivity index (χ3n) is 7.16. The average Bonchev–Trinajstić information content (AvgIpc) is 3.38. The van der Waals surface area contributed by atoms with Crippen LogP contribution in [0.4, 0.5) is 5.69 Å². The zero-order valence-corrected chi connectivity index (χ0v) is 26.0. The van der Waals surface area contributed by atoms with Crippen LogP contribution >= 0.6 is 34.5 Å². The van der Waals surface area contributed by atoms with Crippen molar-refractivity contribution >= 4 is 52.3 Å². The minimum atomic E-state index is -0.660. The molecule has 2 aromatic carbocycles. The molecule has 3 heterocycles. The second kappa shape index (κ2) is 11.4. The van der Waals surface area contributed by atoms with Gasteiger partial charge in [0.15, 0.2) is 4.80 Å². The number of hydrogen-bond acceptors (Lipinski definition) is 6. The van der Waals surface area contributed by atoms with E-state index in [0.29, 0.717) is 30.6 Å². The number of nitrogens with zero attached hydrogens (tertiary/aromatic N) is 4. The Bertz CT molecular complexity index is 1880. The number of aryl methyl sites for hydroxylation is 1. The van der Waals surface area contributed by atoms with Gasteiger partial charge in [-0.05, 0) is 81.3 Å². The summed E-state index contributed by atoms with van der Waals surface area (Å²) in [5, 5.41) is 0.959. The van der Waals surface area contributed by atoms with E-state index < -0.39 is 12.0 Å². The highest BCUT2D eigenvalue weighted by atomic mass is 35.5. The van der Waals surface area contributed by atoms with E-state index in [0.717, 1.165) is 33.9 Å². The molecular formula is C31H30Cl2N4O3S. The second-order valence-corrected chi connectivity index (χ2v) is 11.9. The largest absolute Gasteiger partial charge is 0.463 e. The normalized spacial score (nSPS) is 15.1. The lowest BCUT2D eigenvalue weighted by molar-refractivity contribution is -0.139. The molecule has 0 saturated heterocycles. The number of thiazole rings is 1. The molecule has 0 unspecified atom stereocenters. The Morgan fingerprint density at radius 2 is 1.78 bits per heavy atom. The van der Waals surface area contributed by atoms with Crippen LogP contribution in [0.25, 0.3) is 11.8 Å². The number of allylic oxidation sites excluding steroid dienone is 1. The van der Waals surface area contributed by atoms with Crippen molar-refractivity contribution in [1.82, 2.24) is 9.13 Å². The molecule has 0 fully saturated rings. The zero-order valence-electron chi connectivity index (χ0n) is 23.7. The Morgan fingerprint density at radius 3 is 2.41 bits per heavy atom. The number of carbonyl (C=O) groups excluding carboxylic acids is 1. The van der Waals surface area contributed by atoms with Crippen molar-refractivity contribution in [2.75, 3.05) is 25.6 Å². The predicted molar refractivity (Wildman–Crippen MR) is 166 cm³/mol. The van der Waals surface area contributed by atoms with Gasteiger partial charge in [-0.1, -0.05) is 46.7 Å². The average molecular weight is 610 g/mol. The fourth-order valence-electron chi connectivity index (χ4n) is 5.16. The summed E-state index contributed by atoms with van der Waals surface area (Å²) in [6.45, 7) is 7.77. The molecule has 0 bridgehead atoms. The van der Waals surface area contributed by atoms with Gasteiger partial charge in [0.1, 0.15) is 0 Å². The van der Waals surface area contributed by atoms with Crippen LogP contribution < -0.4 is 19.8 Å². The van der Waals surface area contributed by atoms with Gasteiger partial charge in [-0.15, -0.1) is 0 Å². The van der Waals surface area contributed by atoms with Crippen LogP contribution in [0.15, 0.2) is 69.6 Å². The first-order valence-corrected chi connectivity index (χ1v) is 14.7. The molecule has 10 heteroatoms. The Hall–Kier alpha value is -3.59. The van der Waals surface area contributed by atoms with Gasteiger partial charge in [-0.3, -0.25) is 9.36 Å². The van der Waals surface area contributed by atoms with Crippen LogP contribution in [0.3, 0.4) is 0 Å². The summed E-state index contributed by atoms with van der Waals surface area (Å²) in [4.78, 5) is 34.4. The van der Waals surface area contributed by atoms with Crippen molar-refractivity contribution in [2.45, 2.75) is 33.7 Å². The smallest absolute Gasteiger partial charge is 0.338 e. The van der Waals surface area contributed by atoms with Crippen molar-refractivity contribution in [3.63, 3.8) is 0 Å². The minimum Gasteiger partial charge on any atom is -0.463 e. The molecule has 1 aliphatic rings. The summed E-state index contributed by atoms with van der Waals surface area (Å²) in [6, 6.07) is 14.7. The number of hydrogen-bond donors (Lipinski definition) is 0. The van der Waals surface area contributed by atoms with Crippen LogP contribution in [-0.2, 0) is 9.53 Å². The van der Waals surface area contributed by atoms with Crippen molar-refractivity contribution in [2.24, 2.45) is 4.99 Å². The summed E-state index contributed by atoms with van der Waals surface area (Å²) < 4.78 is 9.61. The van der Waals surface area contributed by atoms with Crippen LogP contribution in [-0.4, -0.2) is 35.8 Å². The molecule has 0 radical (unpaired) electrons. The Labute approximate surface area is 252 Å². The molecule has 0 aliphatic carbocycles. The summed E-state index contributed by atoms with van der Waals surface area (Å²) >= 11 is 13.7. The van der Waals surface area contributed by atoms with Gasteiger partial charge in [0.05, 0.1) is 38.5 Å². The van der Waals surface area contributed by atoms with Crippen molar-refractivity contribution in [3.8, 4) is 5.69 Å². The van der Waals surface area contributed by atoms with Crippen LogP contribution in [0, 0.1) is 13.8 Å². The molecule has 41 heavy (non-hydrogen) atoms. The number of rotatable bonds is 6. The van der Waals surface area contributed by atoms with Gasteiger partial charge >= 0.3 is 5.97 Å². The number of anilines is 1. The monoisotopic (exact) mass is 608 g/mol. The van der Waals surface area contributed by atoms with E-state index in [1.165, 1.54) is 11.3 Å². The predicted octanol–water partition coefficient (Wildman–Crippen LogP) is 5.58. The van der Waals surface area contributed by atoms with E-state index in [4.69, 9.17) is 27.9 Å². The van der Waals surface area contributed by atoms with Crippen LogP contribution in [0.2, 0.25) is 10.0 Å². The number of benzene rings is 2.